The Morgan fingerprint density at radius 1 is 1.04 bits per heavy atom. The van der Waals surface area contributed by atoms with Crippen molar-refractivity contribution >= 4 is 17.5 Å². The summed E-state index contributed by atoms with van der Waals surface area (Å²) in [5.41, 5.74) is 2.73. The molecule has 5 heteroatoms. The second-order valence-electron chi connectivity index (χ2n) is 5.35. The zero-order valence-corrected chi connectivity index (χ0v) is 14.1. The summed E-state index contributed by atoms with van der Waals surface area (Å²) >= 11 is 0. The quantitative estimate of drug-likeness (QED) is 0.624. The molecule has 2 aromatic carbocycles. The molecule has 2 N–H and O–H groups in total. The van der Waals surface area contributed by atoms with E-state index < -0.39 is 0 Å². The van der Waals surface area contributed by atoms with Gasteiger partial charge in [-0.05, 0) is 12.1 Å². The summed E-state index contributed by atoms with van der Waals surface area (Å²) in [6, 6.07) is 19.6. The molecule has 1 aromatic heterocycles. The van der Waals surface area contributed by atoms with Crippen molar-refractivity contribution in [2.24, 2.45) is 0 Å². The normalized spacial score (nSPS) is 10.1. The van der Waals surface area contributed by atoms with Crippen molar-refractivity contribution < 1.29 is 4.74 Å². The number of nitrogens with one attached hydrogen (secondary N) is 2. The number of ether oxygens (including phenoxy) is 1. The topological polar surface area (TPSA) is 59.1 Å². The van der Waals surface area contributed by atoms with E-state index in [0.29, 0.717) is 12.5 Å². The summed E-state index contributed by atoms with van der Waals surface area (Å²) < 4.78 is 5.26. The van der Waals surface area contributed by atoms with Crippen molar-refractivity contribution in [2.75, 3.05) is 24.3 Å². The molecular weight excluding hydrogens is 312 g/mol. The lowest BCUT2D eigenvalue weighted by molar-refractivity contribution is 0.415. The number of methoxy groups -OCH3 is 1. The molecule has 0 saturated carbocycles. The van der Waals surface area contributed by atoms with Gasteiger partial charge in [0, 0.05) is 29.9 Å². The zero-order valence-electron chi connectivity index (χ0n) is 14.1. The van der Waals surface area contributed by atoms with E-state index in [1.54, 1.807) is 13.2 Å². The van der Waals surface area contributed by atoms with E-state index in [0.717, 1.165) is 28.5 Å². The van der Waals surface area contributed by atoms with E-state index in [4.69, 9.17) is 4.74 Å². The molecule has 0 bridgehead atoms. The standard InChI is InChI=1S/C20H20N4O/c1-3-12-21-19-14-18(15-8-5-4-6-9-15)23-20(24-19)22-16-10-7-11-17(13-16)25-2/h3-11,13-14H,1,12H2,2H3,(H2,21,22,23,24). The van der Waals surface area contributed by atoms with Gasteiger partial charge in [-0.3, -0.25) is 0 Å². The second-order valence-corrected chi connectivity index (χ2v) is 5.35. The van der Waals surface area contributed by atoms with E-state index in [9.17, 15) is 0 Å². The minimum Gasteiger partial charge on any atom is -0.497 e. The third-order valence-corrected chi connectivity index (χ3v) is 3.55. The van der Waals surface area contributed by atoms with Gasteiger partial charge < -0.3 is 15.4 Å². The SMILES string of the molecule is C=CCNc1cc(-c2ccccc2)nc(Nc2cccc(OC)c2)n1. The monoisotopic (exact) mass is 332 g/mol. The molecule has 0 amide bonds. The number of aromatic nitrogens is 2. The Morgan fingerprint density at radius 3 is 2.64 bits per heavy atom. The Labute approximate surface area is 147 Å². The first-order valence-corrected chi connectivity index (χ1v) is 7.99. The second kappa shape index (κ2) is 7.97. The van der Waals surface area contributed by atoms with Crippen molar-refractivity contribution in [3.8, 4) is 17.0 Å². The van der Waals surface area contributed by atoms with Crippen LogP contribution in [0, 0.1) is 0 Å². The maximum absolute atomic E-state index is 5.26. The zero-order chi connectivity index (χ0) is 17.5. The first-order chi connectivity index (χ1) is 12.3. The van der Waals surface area contributed by atoms with Gasteiger partial charge in [0.25, 0.3) is 0 Å². The first kappa shape index (κ1) is 16.5. The van der Waals surface area contributed by atoms with Crippen LogP contribution in [-0.2, 0) is 0 Å². The fourth-order valence-corrected chi connectivity index (χ4v) is 2.36. The van der Waals surface area contributed by atoms with Crippen LogP contribution >= 0.6 is 0 Å². The minimum atomic E-state index is 0.515. The van der Waals surface area contributed by atoms with Crippen molar-refractivity contribution in [2.45, 2.75) is 0 Å². The molecule has 0 aliphatic rings. The van der Waals surface area contributed by atoms with Crippen LogP contribution in [0.2, 0.25) is 0 Å². The van der Waals surface area contributed by atoms with Crippen LogP contribution in [0.5, 0.6) is 5.75 Å². The molecule has 0 unspecified atom stereocenters. The smallest absolute Gasteiger partial charge is 0.229 e. The highest BCUT2D eigenvalue weighted by Gasteiger charge is 2.07. The lowest BCUT2D eigenvalue weighted by Crippen LogP contribution is -2.05. The predicted octanol–water partition coefficient (Wildman–Crippen LogP) is 4.49. The molecule has 25 heavy (non-hydrogen) atoms. The predicted molar refractivity (Wildman–Crippen MR) is 102 cm³/mol. The van der Waals surface area contributed by atoms with Crippen molar-refractivity contribution in [1.82, 2.24) is 9.97 Å². The fourth-order valence-electron chi connectivity index (χ4n) is 2.36. The van der Waals surface area contributed by atoms with Crippen molar-refractivity contribution in [1.29, 1.82) is 0 Å². The highest BCUT2D eigenvalue weighted by atomic mass is 16.5. The number of nitrogens with zero attached hydrogens (tertiary/aromatic N) is 2. The molecule has 126 valence electrons. The number of hydrogen-bond donors (Lipinski definition) is 2. The van der Waals surface area contributed by atoms with Gasteiger partial charge in [-0.1, -0.05) is 42.5 Å². The molecule has 3 aromatic rings. The van der Waals surface area contributed by atoms with E-state index in [1.165, 1.54) is 0 Å². The van der Waals surface area contributed by atoms with Crippen LogP contribution in [0.15, 0.2) is 73.3 Å². The Bertz CT molecular complexity index is 849. The molecule has 0 saturated heterocycles. The largest absolute Gasteiger partial charge is 0.497 e. The molecule has 0 atom stereocenters. The van der Waals surface area contributed by atoms with Gasteiger partial charge in [0.1, 0.15) is 11.6 Å². The molecule has 5 nitrogen and oxygen atoms in total. The van der Waals surface area contributed by atoms with Crippen LogP contribution in [0.1, 0.15) is 0 Å². The maximum Gasteiger partial charge on any atom is 0.229 e. The summed E-state index contributed by atoms with van der Waals surface area (Å²) in [5, 5.41) is 6.46. The molecule has 0 radical (unpaired) electrons. The summed E-state index contributed by atoms with van der Waals surface area (Å²) in [7, 11) is 1.64. The molecule has 0 fully saturated rings. The minimum absolute atomic E-state index is 0.515. The van der Waals surface area contributed by atoms with Gasteiger partial charge in [-0.2, -0.15) is 4.98 Å². The van der Waals surface area contributed by atoms with Gasteiger partial charge in [0.2, 0.25) is 5.95 Å². The lowest BCUT2D eigenvalue weighted by Gasteiger charge is -2.11. The summed E-state index contributed by atoms with van der Waals surface area (Å²) in [5.74, 6) is 2.02. The Kier molecular flexibility index (Phi) is 5.26. The molecule has 0 aliphatic heterocycles. The van der Waals surface area contributed by atoms with Crippen LogP contribution in [0.3, 0.4) is 0 Å². The number of anilines is 3. The number of benzene rings is 2. The Balaban J connectivity index is 1.95. The van der Waals surface area contributed by atoms with Gasteiger partial charge in [-0.15, -0.1) is 6.58 Å². The highest BCUT2D eigenvalue weighted by molar-refractivity contribution is 5.66. The van der Waals surface area contributed by atoms with Gasteiger partial charge >= 0.3 is 0 Å². The molecule has 3 rings (SSSR count). The molecule has 1 heterocycles. The molecular formula is C20H20N4O. The first-order valence-electron chi connectivity index (χ1n) is 7.99. The highest BCUT2D eigenvalue weighted by Crippen LogP contribution is 2.24. The Hall–Kier alpha value is -3.34. The Morgan fingerprint density at radius 2 is 1.88 bits per heavy atom. The number of rotatable bonds is 7. The van der Waals surface area contributed by atoms with E-state index in [-0.39, 0.29) is 0 Å². The maximum atomic E-state index is 5.26. The average molecular weight is 332 g/mol. The third-order valence-electron chi connectivity index (χ3n) is 3.55. The average Bonchev–Trinajstić information content (AvgIpc) is 2.67. The summed E-state index contributed by atoms with van der Waals surface area (Å²) in [6.07, 6.45) is 1.79. The summed E-state index contributed by atoms with van der Waals surface area (Å²) in [4.78, 5) is 9.16. The van der Waals surface area contributed by atoms with Gasteiger partial charge in [0.05, 0.1) is 12.8 Å². The van der Waals surface area contributed by atoms with Crippen LogP contribution in [-0.4, -0.2) is 23.6 Å². The van der Waals surface area contributed by atoms with E-state index >= 15 is 0 Å². The molecule has 0 spiro atoms. The van der Waals surface area contributed by atoms with Crippen LogP contribution in [0.4, 0.5) is 17.5 Å². The summed E-state index contributed by atoms with van der Waals surface area (Å²) in [6.45, 7) is 4.36. The number of hydrogen-bond acceptors (Lipinski definition) is 5. The molecule has 0 aliphatic carbocycles. The van der Waals surface area contributed by atoms with Gasteiger partial charge in [-0.25, -0.2) is 4.98 Å². The van der Waals surface area contributed by atoms with Crippen molar-refractivity contribution in [3.63, 3.8) is 0 Å². The van der Waals surface area contributed by atoms with Crippen molar-refractivity contribution in [3.05, 3.63) is 73.3 Å². The van der Waals surface area contributed by atoms with Crippen LogP contribution < -0.4 is 15.4 Å². The fraction of sp³-hybridized carbons (Fsp3) is 0.100. The van der Waals surface area contributed by atoms with E-state index in [2.05, 4.69) is 27.2 Å². The van der Waals surface area contributed by atoms with Gasteiger partial charge in [0.15, 0.2) is 0 Å². The lowest BCUT2D eigenvalue weighted by atomic mass is 10.1. The third kappa shape index (κ3) is 4.35. The van der Waals surface area contributed by atoms with E-state index in [1.807, 2.05) is 60.7 Å². The van der Waals surface area contributed by atoms with Crippen LogP contribution in [0.25, 0.3) is 11.3 Å².